The summed E-state index contributed by atoms with van der Waals surface area (Å²) in [5, 5.41) is 0.437. The molecule has 0 unspecified atom stereocenters. The minimum Gasteiger partial charge on any atom is -0.496 e. The van der Waals surface area contributed by atoms with E-state index in [-0.39, 0.29) is 17.2 Å². The number of nitrogens with zero attached hydrogens (tertiary/aromatic N) is 3. The Morgan fingerprint density at radius 2 is 1.83 bits per heavy atom. The van der Waals surface area contributed by atoms with Gasteiger partial charge in [0.1, 0.15) is 17.4 Å². The highest BCUT2D eigenvalue weighted by molar-refractivity contribution is 6.11. The fourth-order valence-electron chi connectivity index (χ4n) is 3.69. The van der Waals surface area contributed by atoms with Crippen LogP contribution in [-0.4, -0.2) is 27.6 Å². The van der Waals surface area contributed by atoms with Crippen LogP contribution in [0.5, 0.6) is 5.75 Å². The minimum atomic E-state index is -0.674. The van der Waals surface area contributed by atoms with E-state index >= 15 is 0 Å². The Morgan fingerprint density at radius 3 is 2.47 bits per heavy atom. The van der Waals surface area contributed by atoms with Gasteiger partial charge in [-0.2, -0.15) is 0 Å². The Kier molecular flexibility index (Phi) is 4.62. The first-order valence-electron chi connectivity index (χ1n) is 9.20. The van der Waals surface area contributed by atoms with E-state index in [1.54, 1.807) is 23.8 Å². The normalized spacial score (nSPS) is 11.1. The van der Waals surface area contributed by atoms with Crippen molar-refractivity contribution in [1.82, 2.24) is 14.5 Å². The monoisotopic (exact) mass is 405 g/mol. The molecule has 2 aromatic carbocycles. The average Bonchev–Trinajstić information content (AvgIpc) is 3.00. The number of benzene rings is 2. The van der Waals surface area contributed by atoms with Crippen LogP contribution in [0.2, 0.25) is 0 Å². The summed E-state index contributed by atoms with van der Waals surface area (Å²) in [5.74, 6) is 0.182. The smallest absolute Gasteiger partial charge is 0.253 e. The Balaban J connectivity index is 2.09. The summed E-state index contributed by atoms with van der Waals surface area (Å²) in [6.07, 6.45) is 1.51. The van der Waals surface area contributed by atoms with Gasteiger partial charge in [-0.3, -0.25) is 9.36 Å². The van der Waals surface area contributed by atoms with Gasteiger partial charge in [0, 0.05) is 17.3 Å². The molecule has 0 aliphatic rings. The highest BCUT2D eigenvalue weighted by Crippen LogP contribution is 2.36. The lowest BCUT2D eigenvalue weighted by molar-refractivity contribution is 0.100. The van der Waals surface area contributed by atoms with E-state index in [0.717, 1.165) is 16.8 Å². The number of carbonyl (C=O) groups excluding carboxylic acids is 1. The number of aromatic nitrogens is 3. The fourth-order valence-corrected chi connectivity index (χ4v) is 3.69. The number of aryl methyl sites for hydroxylation is 1. The van der Waals surface area contributed by atoms with E-state index < -0.39 is 5.91 Å². The van der Waals surface area contributed by atoms with Gasteiger partial charge in [-0.15, -0.1) is 0 Å². The lowest BCUT2D eigenvalue weighted by atomic mass is 10.1. The van der Waals surface area contributed by atoms with E-state index in [9.17, 15) is 9.18 Å². The molecule has 7 nitrogen and oxygen atoms in total. The second kappa shape index (κ2) is 7.14. The molecule has 4 aromatic rings. The van der Waals surface area contributed by atoms with Gasteiger partial charge in [0.2, 0.25) is 0 Å². The van der Waals surface area contributed by atoms with E-state index in [0.29, 0.717) is 28.2 Å². The number of primary amides is 1. The zero-order valence-electron chi connectivity index (χ0n) is 16.7. The molecular weight excluding hydrogens is 385 g/mol. The van der Waals surface area contributed by atoms with Crippen molar-refractivity contribution in [2.24, 2.45) is 5.73 Å². The van der Waals surface area contributed by atoms with Gasteiger partial charge >= 0.3 is 0 Å². The molecule has 0 radical (unpaired) electrons. The molecule has 0 aliphatic heterocycles. The van der Waals surface area contributed by atoms with Crippen LogP contribution in [0.1, 0.15) is 21.5 Å². The average molecular weight is 405 g/mol. The van der Waals surface area contributed by atoms with Crippen molar-refractivity contribution < 1.29 is 13.9 Å². The first-order chi connectivity index (χ1) is 14.3. The molecule has 0 atom stereocenters. The van der Waals surface area contributed by atoms with E-state index in [1.807, 2.05) is 26.0 Å². The molecule has 0 spiro atoms. The number of carbonyl (C=O) groups is 1. The summed E-state index contributed by atoms with van der Waals surface area (Å²) >= 11 is 0. The molecule has 30 heavy (non-hydrogen) atoms. The number of halogens is 1. The first-order valence-corrected chi connectivity index (χ1v) is 9.20. The van der Waals surface area contributed by atoms with Gasteiger partial charge in [-0.25, -0.2) is 14.4 Å². The standard InChI is InChI=1S/C22H20FN5O2/c1-11-4-9-16(30-3)12(2)18(11)28-19(24)17(20(25)29)15-10-26-21(27-22(15)28)13-5-7-14(23)8-6-13/h4-10H,24H2,1-3H3,(H2,25,29). The van der Waals surface area contributed by atoms with Gasteiger partial charge in [-0.1, -0.05) is 6.07 Å². The van der Waals surface area contributed by atoms with Crippen LogP contribution >= 0.6 is 0 Å². The van der Waals surface area contributed by atoms with Crippen molar-refractivity contribution in [2.45, 2.75) is 13.8 Å². The Morgan fingerprint density at radius 1 is 1.13 bits per heavy atom. The van der Waals surface area contributed by atoms with Crippen LogP contribution in [0.3, 0.4) is 0 Å². The zero-order chi connectivity index (χ0) is 21.6. The molecule has 0 fully saturated rings. The number of nitrogens with two attached hydrogens (primary N) is 2. The SMILES string of the molecule is COc1ccc(C)c(-n2c(N)c(C(N)=O)c3cnc(-c4ccc(F)cc4)nc32)c1C. The lowest BCUT2D eigenvalue weighted by Crippen LogP contribution is -2.14. The minimum absolute atomic E-state index is 0.150. The second-order valence-electron chi connectivity index (χ2n) is 6.96. The molecule has 4 rings (SSSR count). The van der Waals surface area contributed by atoms with Crippen molar-refractivity contribution >= 4 is 22.8 Å². The van der Waals surface area contributed by atoms with Gasteiger partial charge in [0.05, 0.1) is 23.7 Å². The number of anilines is 1. The second-order valence-corrected chi connectivity index (χ2v) is 6.96. The lowest BCUT2D eigenvalue weighted by Gasteiger charge is -2.17. The van der Waals surface area contributed by atoms with Crippen molar-refractivity contribution in [1.29, 1.82) is 0 Å². The van der Waals surface area contributed by atoms with Crippen molar-refractivity contribution in [3.63, 3.8) is 0 Å². The maximum Gasteiger partial charge on any atom is 0.253 e. The van der Waals surface area contributed by atoms with Gasteiger partial charge < -0.3 is 16.2 Å². The number of ether oxygens (including phenoxy) is 1. The first kappa shape index (κ1) is 19.4. The number of nitrogen functional groups attached to an aromatic ring is 1. The van der Waals surface area contributed by atoms with Gasteiger partial charge in [0.15, 0.2) is 11.5 Å². The van der Waals surface area contributed by atoms with Crippen molar-refractivity contribution in [2.75, 3.05) is 12.8 Å². The third-order valence-electron chi connectivity index (χ3n) is 5.12. The predicted molar refractivity (Wildman–Crippen MR) is 113 cm³/mol. The largest absolute Gasteiger partial charge is 0.496 e. The molecule has 152 valence electrons. The quantitative estimate of drug-likeness (QED) is 0.540. The third kappa shape index (κ3) is 2.93. The fraction of sp³-hybridized carbons (Fsp3) is 0.136. The number of rotatable bonds is 4. The van der Waals surface area contributed by atoms with Crippen LogP contribution in [0.4, 0.5) is 10.2 Å². The van der Waals surface area contributed by atoms with Crippen LogP contribution in [0.25, 0.3) is 28.1 Å². The highest BCUT2D eigenvalue weighted by Gasteiger charge is 2.24. The zero-order valence-corrected chi connectivity index (χ0v) is 16.7. The Labute approximate surface area is 172 Å². The molecule has 0 saturated carbocycles. The number of fused-ring (bicyclic) bond motifs is 1. The molecule has 0 saturated heterocycles. The van der Waals surface area contributed by atoms with Gasteiger partial charge in [0.25, 0.3) is 5.91 Å². The van der Waals surface area contributed by atoms with Crippen LogP contribution in [0.15, 0.2) is 42.6 Å². The van der Waals surface area contributed by atoms with E-state index in [1.165, 1.54) is 18.3 Å². The topological polar surface area (TPSA) is 109 Å². The van der Waals surface area contributed by atoms with Crippen LogP contribution in [-0.2, 0) is 0 Å². The van der Waals surface area contributed by atoms with E-state index in [2.05, 4.69) is 9.97 Å². The third-order valence-corrected chi connectivity index (χ3v) is 5.12. The van der Waals surface area contributed by atoms with Gasteiger partial charge in [-0.05, 0) is 49.7 Å². The highest BCUT2D eigenvalue weighted by atomic mass is 19.1. The molecule has 8 heteroatoms. The summed E-state index contributed by atoms with van der Waals surface area (Å²) in [6, 6.07) is 9.61. The van der Waals surface area contributed by atoms with Crippen LogP contribution in [0, 0.1) is 19.7 Å². The number of methoxy groups -OCH3 is 1. The Hall–Kier alpha value is -3.94. The number of hydrogen-bond donors (Lipinski definition) is 2. The molecule has 4 N–H and O–H groups in total. The molecule has 2 aromatic heterocycles. The van der Waals surface area contributed by atoms with Crippen molar-refractivity contribution in [3.8, 4) is 22.8 Å². The Bertz CT molecular complexity index is 1300. The maximum absolute atomic E-state index is 13.3. The molecule has 0 aliphatic carbocycles. The number of amides is 1. The maximum atomic E-state index is 13.3. The molecule has 2 heterocycles. The summed E-state index contributed by atoms with van der Waals surface area (Å²) in [5.41, 5.74) is 15.7. The summed E-state index contributed by atoms with van der Waals surface area (Å²) in [6.45, 7) is 3.83. The van der Waals surface area contributed by atoms with E-state index in [4.69, 9.17) is 16.2 Å². The summed E-state index contributed by atoms with van der Waals surface area (Å²) in [4.78, 5) is 21.2. The van der Waals surface area contributed by atoms with Crippen LogP contribution < -0.4 is 16.2 Å². The predicted octanol–water partition coefficient (Wildman–Crippen LogP) is 3.53. The molecular formula is C22H20FN5O2. The molecule has 1 amide bonds. The molecule has 0 bridgehead atoms. The number of hydrogen-bond acceptors (Lipinski definition) is 5. The summed E-state index contributed by atoms with van der Waals surface area (Å²) in [7, 11) is 1.59. The summed E-state index contributed by atoms with van der Waals surface area (Å²) < 4.78 is 20.5. The van der Waals surface area contributed by atoms with Crippen molar-refractivity contribution in [3.05, 3.63) is 65.1 Å².